The number of carbonyl (C=O) groups excluding carboxylic acids is 3. The molecule has 0 aromatic heterocycles. The van der Waals surface area contributed by atoms with Gasteiger partial charge in [0.05, 0.1) is 11.6 Å². The van der Waals surface area contributed by atoms with Gasteiger partial charge in [0.15, 0.2) is 12.4 Å². The van der Waals surface area contributed by atoms with E-state index in [0.29, 0.717) is 6.42 Å². The summed E-state index contributed by atoms with van der Waals surface area (Å²) in [7, 11) is 0. The van der Waals surface area contributed by atoms with Crippen LogP contribution in [0.5, 0.6) is 5.75 Å². The molecular formula is C20H19F2NO5. The highest BCUT2D eigenvalue weighted by molar-refractivity contribution is 5.92. The molecular weight excluding hydrogens is 372 g/mol. The lowest BCUT2D eigenvalue weighted by Crippen LogP contribution is -2.43. The SMILES string of the molecule is CC(=O)[C@H](Cc1ccccc1)NC(=O)COC(=O)c1ccc(OC(F)F)cc1. The second kappa shape index (κ2) is 10.1. The zero-order valence-electron chi connectivity index (χ0n) is 15.1. The van der Waals surface area contributed by atoms with Crippen LogP contribution in [-0.2, 0) is 20.7 Å². The summed E-state index contributed by atoms with van der Waals surface area (Å²) in [5, 5.41) is 2.53. The van der Waals surface area contributed by atoms with Crippen molar-refractivity contribution in [2.24, 2.45) is 0 Å². The minimum atomic E-state index is -2.97. The van der Waals surface area contributed by atoms with Crippen LogP contribution in [0.4, 0.5) is 8.78 Å². The van der Waals surface area contributed by atoms with Crippen molar-refractivity contribution in [3.05, 3.63) is 65.7 Å². The number of ketones is 1. The highest BCUT2D eigenvalue weighted by Crippen LogP contribution is 2.15. The number of halogens is 2. The summed E-state index contributed by atoms with van der Waals surface area (Å²) in [6.45, 7) is -2.18. The number of ether oxygens (including phenoxy) is 2. The van der Waals surface area contributed by atoms with Gasteiger partial charge < -0.3 is 14.8 Å². The Morgan fingerprint density at radius 3 is 2.21 bits per heavy atom. The first kappa shape index (κ1) is 21.0. The molecule has 2 aromatic carbocycles. The van der Waals surface area contributed by atoms with Gasteiger partial charge in [-0.15, -0.1) is 0 Å². The van der Waals surface area contributed by atoms with E-state index in [1.54, 1.807) is 0 Å². The molecule has 1 N–H and O–H groups in total. The summed E-state index contributed by atoms with van der Waals surface area (Å²) in [5.41, 5.74) is 0.952. The Hall–Kier alpha value is -3.29. The van der Waals surface area contributed by atoms with Gasteiger partial charge in [-0.05, 0) is 43.2 Å². The van der Waals surface area contributed by atoms with E-state index in [-0.39, 0.29) is 17.1 Å². The molecule has 28 heavy (non-hydrogen) atoms. The molecule has 0 unspecified atom stereocenters. The van der Waals surface area contributed by atoms with E-state index in [2.05, 4.69) is 10.1 Å². The standard InChI is InChI=1S/C20H19F2NO5/c1-13(24)17(11-14-5-3-2-4-6-14)23-18(25)12-27-19(26)15-7-9-16(10-8-15)28-20(21)22/h2-10,17,20H,11-12H2,1H3,(H,23,25)/t17-/m0/s1. The van der Waals surface area contributed by atoms with Crippen LogP contribution in [0.15, 0.2) is 54.6 Å². The lowest BCUT2D eigenvalue weighted by atomic mass is 10.0. The van der Waals surface area contributed by atoms with Crippen molar-refractivity contribution in [1.82, 2.24) is 5.32 Å². The summed E-state index contributed by atoms with van der Waals surface area (Å²) in [4.78, 5) is 35.7. The van der Waals surface area contributed by atoms with E-state index in [1.165, 1.54) is 31.2 Å². The van der Waals surface area contributed by atoms with Gasteiger partial charge in [-0.3, -0.25) is 9.59 Å². The first-order valence-corrected chi connectivity index (χ1v) is 8.41. The largest absolute Gasteiger partial charge is 0.452 e. The van der Waals surface area contributed by atoms with Crippen molar-refractivity contribution < 1.29 is 32.6 Å². The summed E-state index contributed by atoms with van der Waals surface area (Å²) in [6.07, 6.45) is 0.321. The maximum absolute atomic E-state index is 12.1. The van der Waals surface area contributed by atoms with Crippen molar-refractivity contribution >= 4 is 17.7 Å². The molecule has 0 aliphatic rings. The van der Waals surface area contributed by atoms with E-state index in [4.69, 9.17) is 4.74 Å². The molecule has 6 nitrogen and oxygen atoms in total. The number of benzene rings is 2. The average molecular weight is 391 g/mol. The zero-order chi connectivity index (χ0) is 20.5. The number of hydrogen-bond acceptors (Lipinski definition) is 5. The Morgan fingerprint density at radius 1 is 1.00 bits per heavy atom. The van der Waals surface area contributed by atoms with Crippen molar-refractivity contribution in [3.8, 4) is 5.75 Å². The predicted octanol–water partition coefficient (Wildman–Crippen LogP) is 2.76. The molecule has 8 heteroatoms. The van der Waals surface area contributed by atoms with Crippen LogP contribution in [0, 0.1) is 0 Å². The summed E-state index contributed by atoms with van der Waals surface area (Å²) in [6, 6.07) is 13.3. The Balaban J connectivity index is 1.86. The number of hydrogen-bond donors (Lipinski definition) is 1. The third-order valence-corrected chi connectivity index (χ3v) is 3.76. The van der Waals surface area contributed by atoms with Gasteiger partial charge in [-0.2, -0.15) is 8.78 Å². The lowest BCUT2D eigenvalue weighted by Gasteiger charge is -2.16. The Bertz CT molecular complexity index is 809. The van der Waals surface area contributed by atoms with Gasteiger partial charge in [0.25, 0.3) is 5.91 Å². The second-order valence-corrected chi connectivity index (χ2v) is 5.90. The molecule has 0 bridgehead atoms. The van der Waals surface area contributed by atoms with E-state index in [1.807, 2.05) is 30.3 Å². The van der Waals surface area contributed by atoms with Crippen LogP contribution in [0.2, 0.25) is 0 Å². The summed E-state index contributed by atoms with van der Waals surface area (Å²) in [5.74, 6) is -1.75. The van der Waals surface area contributed by atoms with E-state index >= 15 is 0 Å². The van der Waals surface area contributed by atoms with Gasteiger partial charge in [-0.25, -0.2) is 4.79 Å². The van der Waals surface area contributed by atoms with Crippen LogP contribution in [-0.4, -0.2) is 36.9 Å². The van der Waals surface area contributed by atoms with Crippen LogP contribution in [0.3, 0.4) is 0 Å². The highest BCUT2D eigenvalue weighted by atomic mass is 19.3. The van der Waals surface area contributed by atoms with Crippen LogP contribution in [0.25, 0.3) is 0 Å². The average Bonchev–Trinajstić information content (AvgIpc) is 2.66. The van der Waals surface area contributed by atoms with Crippen LogP contribution < -0.4 is 10.1 Å². The predicted molar refractivity (Wildman–Crippen MR) is 96.1 cm³/mol. The molecule has 0 aliphatic heterocycles. The Labute approximate surface area is 160 Å². The Morgan fingerprint density at radius 2 is 1.64 bits per heavy atom. The Kier molecular flexibility index (Phi) is 7.62. The number of rotatable bonds is 9. The fourth-order valence-electron chi connectivity index (χ4n) is 2.37. The molecule has 0 aliphatic carbocycles. The summed E-state index contributed by atoms with van der Waals surface area (Å²) >= 11 is 0. The smallest absolute Gasteiger partial charge is 0.387 e. The molecule has 2 rings (SSSR count). The molecule has 1 atom stereocenters. The number of nitrogens with one attached hydrogen (secondary N) is 1. The van der Waals surface area contributed by atoms with Gasteiger partial charge in [0.1, 0.15) is 5.75 Å². The molecule has 0 spiro atoms. The third kappa shape index (κ3) is 6.79. The van der Waals surface area contributed by atoms with Crippen molar-refractivity contribution in [1.29, 1.82) is 0 Å². The minimum Gasteiger partial charge on any atom is -0.452 e. The number of Topliss-reactive ketones (excluding diaryl/α,β-unsaturated/α-hetero) is 1. The van der Waals surface area contributed by atoms with Gasteiger partial charge in [0, 0.05) is 0 Å². The van der Waals surface area contributed by atoms with Gasteiger partial charge in [0.2, 0.25) is 0 Å². The van der Waals surface area contributed by atoms with Crippen LogP contribution in [0.1, 0.15) is 22.8 Å². The molecule has 2 aromatic rings. The van der Waals surface area contributed by atoms with E-state index < -0.39 is 31.1 Å². The molecule has 1 amide bonds. The van der Waals surface area contributed by atoms with Crippen molar-refractivity contribution in [3.63, 3.8) is 0 Å². The topological polar surface area (TPSA) is 81.7 Å². The summed E-state index contributed by atoms with van der Waals surface area (Å²) < 4.78 is 33.3. The quantitative estimate of drug-likeness (QED) is 0.665. The number of alkyl halides is 2. The first-order chi connectivity index (χ1) is 13.3. The molecule has 0 fully saturated rings. The minimum absolute atomic E-state index is 0.0711. The first-order valence-electron chi connectivity index (χ1n) is 8.41. The van der Waals surface area contributed by atoms with Crippen molar-refractivity contribution in [2.45, 2.75) is 26.0 Å². The molecule has 0 heterocycles. The molecule has 0 saturated carbocycles. The fourth-order valence-corrected chi connectivity index (χ4v) is 2.37. The highest BCUT2D eigenvalue weighted by Gasteiger charge is 2.19. The number of carbonyl (C=O) groups is 3. The fraction of sp³-hybridized carbons (Fsp3) is 0.250. The number of esters is 1. The second-order valence-electron chi connectivity index (χ2n) is 5.90. The van der Waals surface area contributed by atoms with Crippen LogP contribution >= 0.6 is 0 Å². The van der Waals surface area contributed by atoms with Gasteiger partial charge >= 0.3 is 12.6 Å². The molecule has 0 saturated heterocycles. The monoisotopic (exact) mass is 391 g/mol. The van der Waals surface area contributed by atoms with Crippen molar-refractivity contribution in [2.75, 3.05) is 6.61 Å². The third-order valence-electron chi connectivity index (χ3n) is 3.76. The maximum Gasteiger partial charge on any atom is 0.387 e. The molecule has 148 valence electrons. The van der Waals surface area contributed by atoms with E-state index in [0.717, 1.165) is 5.56 Å². The normalized spacial score (nSPS) is 11.6. The van der Waals surface area contributed by atoms with E-state index in [9.17, 15) is 23.2 Å². The molecule has 0 radical (unpaired) electrons. The maximum atomic E-state index is 12.1. The number of amides is 1. The van der Waals surface area contributed by atoms with Gasteiger partial charge in [-0.1, -0.05) is 30.3 Å². The lowest BCUT2D eigenvalue weighted by molar-refractivity contribution is -0.128. The zero-order valence-corrected chi connectivity index (χ0v) is 15.1.